The summed E-state index contributed by atoms with van der Waals surface area (Å²) in [6.45, 7) is 4.40. The molecule has 1 atom stereocenters. The molecule has 0 saturated heterocycles. The molecule has 2 aromatic rings. The highest BCUT2D eigenvalue weighted by atomic mass is 79.9. The molecule has 0 bridgehead atoms. The summed E-state index contributed by atoms with van der Waals surface area (Å²) in [5.74, 6) is 2.18. The molecule has 0 fully saturated rings. The van der Waals surface area contributed by atoms with Gasteiger partial charge in [0.25, 0.3) is 0 Å². The predicted octanol–water partition coefficient (Wildman–Crippen LogP) is 5.31. The van der Waals surface area contributed by atoms with Gasteiger partial charge in [-0.1, -0.05) is 60.1 Å². The van der Waals surface area contributed by atoms with Gasteiger partial charge in [0.15, 0.2) is 0 Å². The molecular formula is C18H21BrO2. The number of alkyl halides is 1. The van der Waals surface area contributed by atoms with E-state index in [0.29, 0.717) is 5.92 Å². The molecule has 2 aromatic carbocycles. The number of hydrogen-bond acceptors (Lipinski definition) is 2. The molecule has 0 aliphatic rings. The second-order valence-electron chi connectivity index (χ2n) is 5.26. The van der Waals surface area contributed by atoms with Crippen molar-refractivity contribution in [2.75, 3.05) is 14.2 Å². The third kappa shape index (κ3) is 3.41. The zero-order valence-corrected chi connectivity index (χ0v) is 14.5. The highest BCUT2D eigenvalue weighted by Crippen LogP contribution is 2.42. The third-order valence-corrected chi connectivity index (χ3v) is 4.60. The Balaban J connectivity index is 2.41. The average Bonchev–Trinajstić information content (AvgIpc) is 2.53. The molecular weight excluding hydrogens is 328 g/mol. The van der Waals surface area contributed by atoms with Gasteiger partial charge >= 0.3 is 0 Å². The van der Waals surface area contributed by atoms with E-state index in [1.54, 1.807) is 14.2 Å². The van der Waals surface area contributed by atoms with Gasteiger partial charge in [0.2, 0.25) is 0 Å². The van der Waals surface area contributed by atoms with Crippen molar-refractivity contribution in [1.29, 1.82) is 0 Å². The van der Waals surface area contributed by atoms with Crippen molar-refractivity contribution < 1.29 is 9.47 Å². The standard InChI is InChI=1S/C18H21BrO2/c1-12(2)13-8-10-14(11-9-13)18(19)17-15(20-3)6-5-7-16(17)21-4/h5-12,18H,1-4H3. The van der Waals surface area contributed by atoms with E-state index >= 15 is 0 Å². The number of rotatable bonds is 5. The van der Waals surface area contributed by atoms with Crippen LogP contribution in [0.4, 0.5) is 0 Å². The Kier molecular flexibility index (Phi) is 5.29. The lowest BCUT2D eigenvalue weighted by Crippen LogP contribution is -2.01. The minimum atomic E-state index is 0.0322. The van der Waals surface area contributed by atoms with E-state index in [1.807, 2.05) is 18.2 Å². The van der Waals surface area contributed by atoms with Crippen molar-refractivity contribution in [2.24, 2.45) is 0 Å². The second kappa shape index (κ2) is 6.99. The van der Waals surface area contributed by atoms with Crippen LogP contribution in [-0.2, 0) is 0 Å². The van der Waals surface area contributed by atoms with Crippen molar-refractivity contribution in [3.8, 4) is 11.5 Å². The monoisotopic (exact) mass is 348 g/mol. The Hall–Kier alpha value is -1.48. The van der Waals surface area contributed by atoms with Gasteiger partial charge in [-0.15, -0.1) is 0 Å². The highest BCUT2D eigenvalue weighted by molar-refractivity contribution is 9.09. The number of ether oxygens (including phenoxy) is 2. The fourth-order valence-corrected chi connectivity index (χ4v) is 3.10. The lowest BCUT2D eigenvalue weighted by Gasteiger charge is -2.18. The average molecular weight is 349 g/mol. The zero-order valence-electron chi connectivity index (χ0n) is 12.9. The van der Waals surface area contributed by atoms with Crippen molar-refractivity contribution in [2.45, 2.75) is 24.6 Å². The van der Waals surface area contributed by atoms with Crippen LogP contribution in [0.5, 0.6) is 11.5 Å². The van der Waals surface area contributed by atoms with Gasteiger partial charge in [-0.05, 0) is 29.2 Å². The Bertz CT molecular complexity index is 568. The van der Waals surface area contributed by atoms with E-state index in [1.165, 1.54) is 11.1 Å². The quantitative estimate of drug-likeness (QED) is 0.681. The highest BCUT2D eigenvalue weighted by Gasteiger charge is 2.20. The molecule has 0 aliphatic heterocycles. The lowest BCUT2D eigenvalue weighted by atomic mass is 9.98. The number of benzene rings is 2. The molecule has 3 heteroatoms. The Morgan fingerprint density at radius 1 is 0.810 bits per heavy atom. The molecule has 0 heterocycles. The fraction of sp³-hybridized carbons (Fsp3) is 0.333. The molecule has 0 saturated carbocycles. The summed E-state index contributed by atoms with van der Waals surface area (Å²) in [7, 11) is 3.36. The summed E-state index contributed by atoms with van der Waals surface area (Å²) in [5, 5.41) is 0. The number of halogens is 1. The van der Waals surface area contributed by atoms with E-state index in [4.69, 9.17) is 9.47 Å². The molecule has 0 spiro atoms. The van der Waals surface area contributed by atoms with Gasteiger partial charge in [-0.25, -0.2) is 0 Å². The van der Waals surface area contributed by atoms with Crippen LogP contribution < -0.4 is 9.47 Å². The first-order valence-corrected chi connectivity index (χ1v) is 7.94. The van der Waals surface area contributed by atoms with E-state index in [9.17, 15) is 0 Å². The normalized spacial score (nSPS) is 12.3. The van der Waals surface area contributed by atoms with Crippen LogP contribution in [0.3, 0.4) is 0 Å². The van der Waals surface area contributed by atoms with Gasteiger partial charge in [-0.3, -0.25) is 0 Å². The molecule has 21 heavy (non-hydrogen) atoms. The van der Waals surface area contributed by atoms with E-state index < -0.39 is 0 Å². The fourth-order valence-electron chi connectivity index (χ4n) is 2.35. The van der Waals surface area contributed by atoms with Crippen LogP contribution in [-0.4, -0.2) is 14.2 Å². The summed E-state index contributed by atoms with van der Waals surface area (Å²) in [6, 6.07) is 14.5. The summed E-state index contributed by atoms with van der Waals surface area (Å²) < 4.78 is 11.0. The smallest absolute Gasteiger partial charge is 0.127 e. The molecule has 2 rings (SSSR count). The SMILES string of the molecule is COc1cccc(OC)c1C(Br)c1ccc(C(C)C)cc1. The molecule has 0 aliphatic carbocycles. The Labute approximate surface area is 135 Å². The van der Waals surface area contributed by atoms with Crippen molar-refractivity contribution >= 4 is 15.9 Å². The zero-order chi connectivity index (χ0) is 15.4. The summed E-state index contributed by atoms with van der Waals surface area (Å²) in [4.78, 5) is 0.0322. The molecule has 1 unspecified atom stereocenters. The van der Waals surface area contributed by atoms with E-state index in [0.717, 1.165) is 17.1 Å². The molecule has 0 aromatic heterocycles. The Morgan fingerprint density at radius 2 is 1.29 bits per heavy atom. The third-order valence-electron chi connectivity index (χ3n) is 3.62. The van der Waals surface area contributed by atoms with Crippen molar-refractivity contribution in [3.05, 3.63) is 59.2 Å². The van der Waals surface area contributed by atoms with Crippen LogP contribution in [0.1, 0.15) is 41.3 Å². The van der Waals surface area contributed by atoms with Crippen molar-refractivity contribution in [1.82, 2.24) is 0 Å². The minimum absolute atomic E-state index is 0.0322. The molecule has 0 radical (unpaired) electrons. The summed E-state index contributed by atoms with van der Waals surface area (Å²) in [5.41, 5.74) is 3.53. The van der Waals surface area contributed by atoms with E-state index in [2.05, 4.69) is 54.0 Å². The number of methoxy groups -OCH3 is 2. The predicted molar refractivity (Wildman–Crippen MR) is 90.8 cm³/mol. The van der Waals surface area contributed by atoms with Crippen LogP contribution in [0.2, 0.25) is 0 Å². The summed E-state index contributed by atoms with van der Waals surface area (Å²) >= 11 is 3.78. The minimum Gasteiger partial charge on any atom is -0.496 e. The first-order chi connectivity index (χ1) is 10.1. The maximum atomic E-state index is 5.48. The van der Waals surface area contributed by atoms with Gasteiger partial charge in [-0.2, -0.15) is 0 Å². The second-order valence-corrected chi connectivity index (χ2v) is 6.18. The van der Waals surface area contributed by atoms with Crippen LogP contribution >= 0.6 is 15.9 Å². The molecule has 2 nitrogen and oxygen atoms in total. The van der Waals surface area contributed by atoms with Crippen LogP contribution in [0.15, 0.2) is 42.5 Å². The first kappa shape index (κ1) is 15.9. The van der Waals surface area contributed by atoms with Crippen molar-refractivity contribution in [3.63, 3.8) is 0 Å². The topological polar surface area (TPSA) is 18.5 Å². The maximum Gasteiger partial charge on any atom is 0.127 e. The largest absolute Gasteiger partial charge is 0.496 e. The summed E-state index contributed by atoms with van der Waals surface area (Å²) in [6.07, 6.45) is 0. The van der Waals surface area contributed by atoms with Crippen LogP contribution in [0.25, 0.3) is 0 Å². The lowest BCUT2D eigenvalue weighted by molar-refractivity contribution is 0.386. The van der Waals surface area contributed by atoms with E-state index in [-0.39, 0.29) is 4.83 Å². The van der Waals surface area contributed by atoms with Gasteiger partial charge in [0.05, 0.1) is 24.6 Å². The van der Waals surface area contributed by atoms with Crippen LogP contribution in [0, 0.1) is 0 Å². The Morgan fingerprint density at radius 3 is 1.71 bits per heavy atom. The molecule has 0 amide bonds. The van der Waals surface area contributed by atoms with Gasteiger partial charge in [0.1, 0.15) is 11.5 Å². The number of hydrogen-bond donors (Lipinski definition) is 0. The van der Waals surface area contributed by atoms with Gasteiger partial charge < -0.3 is 9.47 Å². The first-order valence-electron chi connectivity index (χ1n) is 7.03. The maximum absolute atomic E-state index is 5.48. The molecule has 0 N–H and O–H groups in total. The van der Waals surface area contributed by atoms with Gasteiger partial charge in [0, 0.05) is 0 Å². The molecule has 112 valence electrons.